The average Bonchev–Trinajstić information content (AvgIpc) is 3.64. The SMILES string of the molecule is NC(=O)c1ccc[n+]([C@@H]2O[C@H](COP(=O)([O-])OP(=O)(O)OC[C@H]3O[C@@H](n4cnc5c(N)ncnc54)[C@H](OP(=O)([O-])[O-])[C@H]3O)[C@H](O)[C@H]2O)c1.[Na+].[Na+]. The number of carbonyl (C=O) groups excluding carboxylic acids is 1. The van der Waals surface area contributed by atoms with Crippen molar-refractivity contribution in [1.29, 1.82) is 0 Å². The molecule has 2 unspecified atom stereocenters. The molecule has 0 bridgehead atoms. The fourth-order valence-corrected chi connectivity index (χ4v) is 7.39. The zero-order valence-corrected chi connectivity index (χ0v) is 32.5. The summed E-state index contributed by atoms with van der Waals surface area (Å²) < 4.78 is 67.2. The van der Waals surface area contributed by atoms with Crippen molar-refractivity contribution in [2.45, 2.75) is 49.1 Å². The molecule has 2 aliphatic heterocycles. The van der Waals surface area contributed by atoms with Gasteiger partial charge in [-0.15, -0.1) is 0 Å². The van der Waals surface area contributed by atoms with Crippen molar-refractivity contribution >= 4 is 46.4 Å². The second-order valence-corrected chi connectivity index (χ2v) is 14.3. The van der Waals surface area contributed by atoms with Crippen LogP contribution >= 0.6 is 23.5 Å². The molecule has 3 aromatic heterocycles. The Morgan fingerprint density at radius 1 is 1.00 bits per heavy atom. The van der Waals surface area contributed by atoms with E-state index in [0.29, 0.717) is 0 Å². The minimum absolute atomic E-state index is 0. The second kappa shape index (κ2) is 17.1. The molecule has 2 saturated heterocycles. The van der Waals surface area contributed by atoms with Gasteiger partial charge in [0, 0.05) is 6.07 Å². The summed E-state index contributed by atoms with van der Waals surface area (Å²) in [6.45, 7) is -2.18. The van der Waals surface area contributed by atoms with Crippen LogP contribution in [0.3, 0.4) is 0 Å². The average molecular weight is 787 g/mol. The van der Waals surface area contributed by atoms with E-state index in [1.165, 1.54) is 29.1 Å². The number of nitrogen functional groups attached to an aromatic ring is 1. The smallest absolute Gasteiger partial charge is 0.790 e. The number of nitrogens with two attached hydrogens (primary N) is 2. The Morgan fingerprint density at radius 2 is 1.66 bits per heavy atom. The van der Waals surface area contributed by atoms with Gasteiger partial charge in [0.1, 0.15) is 47.9 Å². The molecule has 0 aromatic carbocycles. The number of aliphatic hydroxyl groups is 3. The van der Waals surface area contributed by atoms with Crippen molar-refractivity contribution in [2.24, 2.45) is 5.73 Å². The molecule has 2 aliphatic rings. The number of ether oxygens (including phenoxy) is 2. The fraction of sp³-hybridized carbons (Fsp3) is 0.476. The zero-order chi connectivity index (χ0) is 35.2. The first-order valence-electron chi connectivity index (χ1n) is 13.3. The van der Waals surface area contributed by atoms with Crippen LogP contribution < -0.4 is 89.8 Å². The third-order valence-electron chi connectivity index (χ3n) is 6.96. The van der Waals surface area contributed by atoms with Gasteiger partial charge >= 0.3 is 66.9 Å². The Kier molecular flexibility index (Phi) is 14.9. The van der Waals surface area contributed by atoms with E-state index in [0.717, 1.165) is 17.2 Å². The van der Waals surface area contributed by atoms with Gasteiger partial charge in [-0.25, -0.2) is 23.8 Å². The summed E-state index contributed by atoms with van der Waals surface area (Å²) in [5.41, 5.74) is 11.0. The van der Waals surface area contributed by atoms with Gasteiger partial charge in [0.05, 0.1) is 27.4 Å². The predicted octanol–water partition coefficient (Wildman–Crippen LogP) is -10.8. The Hall–Kier alpha value is -0.860. The Balaban J connectivity index is 0.00000338. The summed E-state index contributed by atoms with van der Waals surface area (Å²) in [5.74, 6) is -0.892. The molecule has 5 heterocycles. The number of amides is 1. The summed E-state index contributed by atoms with van der Waals surface area (Å²) in [6.07, 6.45) is -9.05. The van der Waals surface area contributed by atoms with E-state index in [4.69, 9.17) is 20.9 Å². The maximum atomic E-state index is 12.5. The van der Waals surface area contributed by atoms with Gasteiger partial charge in [-0.2, -0.15) is 4.57 Å². The third-order valence-corrected chi connectivity index (χ3v) is 10.0. The van der Waals surface area contributed by atoms with Crippen molar-refractivity contribution in [3.05, 3.63) is 42.7 Å². The number of phosphoric ester groups is 3. The largest absolute Gasteiger partial charge is 1.00 e. The summed E-state index contributed by atoms with van der Waals surface area (Å²) >= 11 is 0. The van der Waals surface area contributed by atoms with Gasteiger partial charge in [-0.1, -0.05) is 0 Å². The van der Waals surface area contributed by atoms with E-state index < -0.39 is 91.7 Å². The van der Waals surface area contributed by atoms with Crippen LogP contribution in [0.4, 0.5) is 5.82 Å². The molecular formula is C21H26N7Na2O17P3. The molecule has 5 rings (SSSR count). The van der Waals surface area contributed by atoms with E-state index in [1.54, 1.807) is 0 Å². The normalized spacial score (nSPS) is 29.1. The maximum Gasteiger partial charge on any atom is 1.00 e. The first-order chi connectivity index (χ1) is 22.4. The number of fused-ring (bicyclic) bond motifs is 1. The minimum Gasteiger partial charge on any atom is -0.790 e. The van der Waals surface area contributed by atoms with Crippen LogP contribution in [0, 0.1) is 0 Å². The van der Waals surface area contributed by atoms with Crippen molar-refractivity contribution < 1.29 is 144 Å². The van der Waals surface area contributed by atoms with Crippen LogP contribution in [0.1, 0.15) is 22.8 Å². The van der Waals surface area contributed by atoms with Gasteiger partial charge < -0.3 is 69.4 Å². The molecule has 3 aromatic rings. The van der Waals surface area contributed by atoms with Crippen LogP contribution in [0.2, 0.25) is 0 Å². The number of hydrogen-bond donors (Lipinski definition) is 6. The van der Waals surface area contributed by atoms with Gasteiger partial charge in [0.15, 0.2) is 36.2 Å². The molecule has 0 aliphatic carbocycles. The topological polar surface area (TPSA) is 373 Å². The fourth-order valence-electron chi connectivity index (χ4n) is 4.81. The molecule has 264 valence electrons. The minimum atomic E-state index is -5.78. The van der Waals surface area contributed by atoms with E-state index in [2.05, 4.69) is 32.8 Å². The number of primary amides is 1. The number of aliphatic hydroxyl groups excluding tert-OH is 3. The molecule has 2 fully saturated rings. The van der Waals surface area contributed by atoms with E-state index in [9.17, 15) is 53.4 Å². The summed E-state index contributed by atoms with van der Waals surface area (Å²) in [5, 5.41) is 31.4. The van der Waals surface area contributed by atoms with Crippen LogP contribution in [-0.2, 0) is 41.1 Å². The molecule has 24 nitrogen and oxygen atoms in total. The number of nitrogens with zero attached hydrogens (tertiary/aromatic N) is 5. The molecule has 50 heavy (non-hydrogen) atoms. The number of hydrogen-bond acceptors (Lipinski definition) is 20. The van der Waals surface area contributed by atoms with Gasteiger partial charge in [0.2, 0.25) is 0 Å². The van der Waals surface area contributed by atoms with Crippen LogP contribution in [0.25, 0.3) is 11.2 Å². The molecule has 0 radical (unpaired) electrons. The molecule has 29 heteroatoms. The first kappa shape index (κ1) is 43.5. The van der Waals surface area contributed by atoms with Crippen molar-refractivity contribution in [1.82, 2.24) is 19.5 Å². The van der Waals surface area contributed by atoms with E-state index >= 15 is 0 Å². The van der Waals surface area contributed by atoms with Gasteiger partial charge in [-0.05, 0) is 6.07 Å². The monoisotopic (exact) mass is 787 g/mol. The summed E-state index contributed by atoms with van der Waals surface area (Å²) in [6, 6.07) is 2.76. The molecule has 0 spiro atoms. The standard InChI is InChI=1S/C21H28N7O17P3.2Na/c22-17-12-19(25-7-24-17)28(8-26-12)21-16(44-46(33,34)35)14(30)11(43-21)6-41-48(38,39)45-47(36,37)40-5-10-13(29)15(31)20(42-10)27-3-1-2-9(4-27)18(23)32;;/h1-4,7-8,10-11,13-16,20-21,29-31H,5-6H2,(H7-,22,23,24,25,32,33,34,35,36,37,38,39);;/q;2*+1/p-2/t10-,11-,13+,14+,15-,16-,20-,21-;;/m1../s1. The van der Waals surface area contributed by atoms with Crippen molar-refractivity contribution in [3.63, 3.8) is 0 Å². The summed E-state index contributed by atoms with van der Waals surface area (Å²) in [7, 11) is -17.1. The number of pyridine rings is 1. The summed E-state index contributed by atoms with van der Waals surface area (Å²) in [4.78, 5) is 68.3. The van der Waals surface area contributed by atoms with Crippen molar-refractivity contribution in [3.8, 4) is 0 Å². The zero-order valence-electron chi connectivity index (χ0n) is 25.8. The Morgan fingerprint density at radius 3 is 2.32 bits per heavy atom. The van der Waals surface area contributed by atoms with Crippen LogP contribution in [-0.4, -0.2) is 95.5 Å². The van der Waals surface area contributed by atoms with E-state index in [1.807, 2.05) is 0 Å². The molecule has 0 saturated carbocycles. The molecular weight excluding hydrogens is 761 g/mol. The van der Waals surface area contributed by atoms with Crippen molar-refractivity contribution in [2.75, 3.05) is 18.9 Å². The second-order valence-electron chi connectivity index (χ2n) is 10.2. The van der Waals surface area contributed by atoms with E-state index in [-0.39, 0.29) is 81.7 Å². The number of rotatable bonds is 13. The Bertz CT molecular complexity index is 1820. The first-order valence-corrected chi connectivity index (χ1v) is 17.7. The number of imidazole rings is 1. The van der Waals surface area contributed by atoms with Crippen LogP contribution in [0.5, 0.6) is 0 Å². The molecule has 1 amide bonds. The number of anilines is 1. The van der Waals surface area contributed by atoms with Gasteiger partial charge in [-0.3, -0.25) is 18.5 Å². The third kappa shape index (κ3) is 10.2. The number of phosphoric acid groups is 3. The number of aromatic nitrogens is 5. The van der Waals surface area contributed by atoms with Gasteiger partial charge in [0.25, 0.3) is 20.0 Å². The molecule has 10 atom stereocenters. The molecule has 8 N–H and O–H groups in total. The maximum absolute atomic E-state index is 12.5. The number of carbonyl (C=O) groups is 1. The van der Waals surface area contributed by atoms with Crippen LogP contribution in [0.15, 0.2) is 37.2 Å². The Labute approximate surface area is 324 Å². The quantitative estimate of drug-likeness (QED) is 0.0532. The predicted molar refractivity (Wildman–Crippen MR) is 144 cm³/mol.